The summed E-state index contributed by atoms with van der Waals surface area (Å²) in [4.78, 5) is 0. The van der Waals surface area contributed by atoms with Gasteiger partial charge in [-0.05, 0) is 42.2 Å². The molecule has 0 spiro atoms. The van der Waals surface area contributed by atoms with Crippen molar-refractivity contribution in [2.45, 2.75) is 18.9 Å². The molecule has 0 radical (unpaired) electrons. The number of hydrazine groups is 1. The smallest absolute Gasteiger partial charge is 0.127 e. The van der Waals surface area contributed by atoms with Crippen LogP contribution in [0.15, 0.2) is 40.9 Å². The summed E-state index contributed by atoms with van der Waals surface area (Å²) >= 11 is 3.46. The minimum absolute atomic E-state index is 0.292. The maximum absolute atomic E-state index is 13.6. The molecule has 3 N–H and O–H groups in total. The Morgan fingerprint density at radius 1 is 1.24 bits per heavy atom. The Balaban J connectivity index is 2.10. The third-order valence-electron chi connectivity index (χ3n) is 3.71. The summed E-state index contributed by atoms with van der Waals surface area (Å²) in [5.41, 5.74) is 5.63. The van der Waals surface area contributed by atoms with E-state index in [9.17, 15) is 4.39 Å². The van der Waals surface area contributed by atoms with Gasteiger partial charge in [0, 0.05) is 10.0 Å². The molecule has 2 aromatic carbocycles. The molecule has 3 rings (SSSR count). The van der Waals surface area contributed by atoms with Gasteiger partial charge in [0.25, 0.3) is 0 Å². The third kappa shape index (κ3) is 2.81. The molecule has 1 aliphatic heterocycles. The summed E-state index contributed by atoms with van der Waals surface area (Å²) in [5.74, 6) is 6.31. The standard InChI is InChI=1S/C16H16BrFN2O/c17-14-7-6-11(18)9-13(14)15(20-19)12-5-1-3-10-4-2-8-21-16(10)12/h1,3,5-7,9,15,20H,2,4,8,19H2. The van der Waals surface area contributed by atoms with Gasteiger partial charge in [-0.15, -0.1) is 0 Å². The van der Waals surface area contributed by atoms with Crippen molar-refractivity contribution in [2.24, 2.45) is 5.84 Å². The van der Waals surface area contributed by atoms with Crippen LogP contribution in [0.3, 0.4) is 0 Å². The fourth-order valence-corrected chi connectivity index (χ4v) is 3.20. The second-order valence-corrected chi connectivity index (χ2v) is 5.91. The molecule has 1 atom stereocenters. The number of benzene rings is 2. The first kappa shape index (κ1) is 14.5. The number of hydrogen-bond donors (Lipinski definition) is 2. The minimum Gasteiger partial charge on any atom is -0.493 e. The number of nitrogens with one attached hydrogen (secondary N) is 1. The summed E-state index contributed by atoms with van der Waals surface area (Å²) < 4.78 is 20.2. The number of ether oxygens (including phenoxy) is 1. The van der Waals surface area contributed by atoms with Gasteiger partial charge in [0.2, 0.25) is 0 Å². The fourth-order valence-electron chi connectivity index (χ4n) is 2.72. The largest absolute Gasteiger partial charge is 0.493 e. The zero-order valence-electron chi connectivity index (χ0n) is 11.4. The van der Waals surface area contributed by atoms with Crippen LogP contribution in [0.4, 0.5) is 4.39 Å². The van der Waals surface area contributed by atoms with Crippen molar-refractivity contribution in [1.82, 2.24) is 5.43 Å². The Kier molecular flexibility index (Phi) is 4.24. The average Bonchev–Trinajstić information content (AvgIpc) is 2.51. The van der Waals surface area contributed by atoms with Crippen LogP contribution in [-0.4, -0.2) is 6.61 Å². The molecule has 110 valence electrons. The van der Waals surface area contributed by atoms with E-state index < -0.39 is 0 Å². The van der Waals surface area contributed by atoms with E-state index in [0.717, 1.165) is 34.2 Å². The molecule has 2 aromatic rings. The summed E-state index contributed by atoms with van der Waals surface area (Å²) in [6, 6.07) is 10.3. The van der Waals surface area contributed by atoms with Gasteiger partial charge in [0.15, 0.2) is 0 Å². The number of para-hydroxylation sites is 1. The van der Waals surface area contributed by atoms with E-state index in [1.807, 2.05) is 12.1 Å². The van der Waals surface area contributed by atoms with Crippen LogP contribution >= 0.6 is 15.9 Å². The molecule has 1 heterocycles. The number of rotatable bonds is 3. The van der Waals surface area contributed by atoms with E-state index in [1.165, 1.54) is 17.7 Å². The van der Waals surface area contributed by atoms with Crippen molar-refractivity contribution in [1.29, 1.82) is 0 Å². The number of fused-ring (bicyclic) bond motifs is 1. The van der Waals surface area contributed by atoms with E-state index in [0.29, 0.717) is 6.61 Å². The van der Waals surface area contributed by atoms with Crippen molar-refractivity contribution >= 4 is 15.9 Å². The number of halogens is 2. The van der Waals surface area contributed by atoms with Crippen molar-refractivity contribution in [3.8, 4) is 5.75 Å². The predicted octanol–water partition coefficient (Wildman–Crippen LogP) is 3.47. The Morgan fingerprint density at radius 3 is 2.90 bits per heavy atom. The summed E-state index contributed by atoms with van der Waals surface area (Å²) in [5, 5.41) is 0. The number of hydrogen-bond acceptors (Lipinski definition) is 3. The first-order valence-corrected chi connectivity index (χ1v) is 7.65. The van der Waals surface area contributed by atoms with Gasteiger partial charge in [-0.2, -0.15) is 0 Å². The second kappa shape index (κ2) is 6.13. The summed E-state index contributed by atoms with van der Waals surface area (Å²) in [7, 11) is 0. The lowest BCUT2D eigenvalue weighted by atomic mass is 9.94. The lowest BCUT2D eigenvalue weighted by Gasteiger charge is -2.25. The summed E-state index contributed by atoms with van der Waals surface area (Å²) in [6.07, 6.45) is 2.01. The minimum atomic E-state index is -0.330. The van der Waals surface area contributed by atoms with E-state index in [4.69, 9.17) is 10.6 Å². The Bertz CT molecular complexity index is 663. The molecule has 0 saturated carbocycles. The highest BCUT2D eigenvalue weighted by Crippen LogP contribution is 2.37. The van der Waals surface area contributed by atoms with Crippen LogP contribution in [0.1, 0.15) is 29.2 Å². The number of aryl methyl sites for hydroxylation is 1. The molecule has 0 aromatic heterocycles. The molecule has 0 amide bonds. The zero-order valence-corrected chi connectivity index (χ0v) is 13.0. The van der Waals surface area contributed by atoms with E-state index in [-0.39, 0.29) is 11.9 Å². The molecule has 5 heteroatoms. The van der Waals surface area contributed by atoms with Gasteiger partial charge in [-0.3, -0.25) is 5.84 Å². The number of nitrogens with two attached hydrogens (primary N) is 1. The average molecular weight is 351 g/mol. The topological polar surface area (TPSA) is 47.3 Å². The molecule has 21 heavy (non-hydrogen) atoms. The molecule has 0 aliphatic carbocycles. The lowest BCUT2D eigenvalue weighted by Crippen LogP contribution is -2.30. The second-order valence-electron chi connectivity index (χ2n) is 5.05. The Morgan fingerprint density at radius 2 is 2.10 bits per heavy atom. The first-order valence-electron chi connectivity index (χ1n) is 6.86. The summed E-state index contributed by atoms with van der Waals surface area (Å²) in [6.45, 7) is 0.700. The maximum Gasteiger partial charge on any atom is 0.127 e. The van der Waals surface area contributed by atoms with Crippen LogP contribution in [-0.2, 0) is 6.42 Å². The van der Waals surface area contributed by atoms with E-state index in [2.05, 4.69) is 27.4 Å². The van der Waals surface area contributed by atoms with Gasteiger partial charge in [-0.25, -0.2) is 9.82 Å². The van der Waals surface area contributed by atoms with Gasteiger partial charge in [0.1, 0.15) is 11.6 Å². The Labute approximate surface area is 131 Å². The van der Waals surface area contributed by atoms with Gasteiger partial charge in [-0.1, -0.05) is 34.1 Å². The monoisotopic (exact) mass is 350 g/mol. The molecule has 3 nitrogen and oxygen atoms in total. The highest BCUT2D eigenvalue weighted by molar-refractivity contribution is 9.10. The van der Waals surface area contributed by atoms with Crippen LogP contribution < -0.4 is 16.0 Å². The highest BCUT2D eigenvalue weighted by atomic mass is 79.9. The van der Waals surface area contributed by atoms with Crippen molar-refractivity contribution in [3.05, 3.63) is 63.4 Å². The fraction of sp³-hybridized carbons (Fsp3) is 0.250. The molecule has 0 bridgehead atoms. The van der Waals surface area contributed by atoms with Gasteiger partial charge < -0.3 is 4.74 Å². The van der Waals surface area contributed by atoms with Crippen LogP contribution in [0.25, 0.3) is 0 Å². The lowest BCUT2D eigenvalue weighted by molar-refractivity contribution is 0.283. The van der Waals surface area contributed by atoms with Crippen LogP contribution in [0, 0.1) is 5.82 Å². The molecular weight excluding hydrogens is 335 g/mol. The van der Waals surface area contributed by atoms with Gasteiger partial charge >= 0.3 is 0 Å². The van der Waals surface area contributed by atoms with E-state index in [1.54, 1.807) is 6.07 Å². The third-order valence-corrected chi connectivity index (χ3v) is 4.43. The molecule has 0 saturated heterocycles. The van der Waals surface area contributed by atoms with Gasteiger partial charge in [0.05, 0.1) is 12.6 Å². The zero-order chi connectivity index (χ0) is 14.8. The van der Waals surface area contributed by atoms with Crippen molar-refractivity contribution < 1.29 is 9.13 Å². The Hall–Kier alpha value is -1.43. The van der Waals surface area contributed by atoms with Crippen molar-refractivity contribution in [3.63, 3.8) is 0 Å². The predicted molar refractivity (Wildman–Crippen MR) is 83.5 cm³/mol. The first-order chi connectivity index (χ1) is 10.2. The van der Waals surface area contributed by atoms with Crippen LogP contribution in [0.5, 0.6) is 5.75 Å². The molecular formula is C16H16BrFN2O. The van der Waals surface area contributed by atoms with Crippen molar-refractivity contribution in [2.75, 3.05) is 6.61 Å². The maximum atomic E-state index is 13.6. The molecule has 0 fully saturated rings. The molecule has 1 aliphatic rings. The quantitative estimate of drug-likeness (QED) is 0.658. The van der Waals surface area contributed by atoms with E-state index >= 15 is 0 Å². The SMILES string of the molecule is NNC(c1cc(F)ccc1Br)c1cccc2c1OCCC2. The van der Waals surface area contributed by atoms with Crippen LogP contribution in [0.2, 0.25) is 0 Å². The molecule has 1 unspecified atom stereocenters. The highest BCUT2D eigenvalue weighted by Gasteiger charge is 2.23. The normalized spacial score (nSPS) is 15.2.